The van der Waals surface area contributed by atoms with Crippen LogP contribution < -0.4 is 0 Å². The Kier molecular flexibility index (Phi) is 2.85. The maximum atomic E-state index is 11.1. The lowest BCUT2D eigenvalue weighted by molar-refractivity contribution is 0.0467. The summed E-state index contributed by atoms with van der Waals surface area (Å²) < 4.78 is 9.68. The summed E-state index contributed by atoms with van der Waals surface area (Å²) in [6.45, 7) is 4.05. The molecule has 0 aliphatic rings. The van der Waals surface area contributed by atoms with Crippen LogP contribution in [-0.4, -0.2) is 17.6 Å². The monoisotopic (exact) mass is 169 g/mol. The van der Waals surface area contributed by atoms with Crippen LogP contribution in [0, 0.1) is 6.92 Å². The van der Waals surface area contributed by atoms with E-state index in [1.54, 1.807) is 6.92 Å². The molecule has 4 heteroatoms. The summed E-state index contributed by atoms with van der Waals surface area (Å²) in [7, 11) is 0. The summed E-state index contributed by atoms with van der Waals surface area (Å²) in [6, 6.07) is 0. The molecule has 0 unspecified atom stereocenters. The molecule has 66 valence electrons. The largest absolute Gasteiger partial charge is 0.460 e. The third kappa shape index (κ3) is 1.84. The maximum absolute atomic E-state index is 11.1. The van der Waals surface area contributed by atoms with Crippen molar-refractivity contribution in [2.75, 3.05) is 6.61 Å². The van der Waals surface area contributed by atoms with E-state index in [9.17, 15) is 4.79 Å². The lowest BCUT2D eigenvalue weighted by Crippen LogP contribution is -2.06. The molecule has 0 aliphatic heterocycles. The number of carbonyl (C=O) groups is 1. The molecule has 0 bridgehead atoms. The number of esters is 1. The van der Waals surface area contributed by atoms with Crippen molar-refractivity contribution in [3.05, 3.63) is 17.8 Å². The van der Waals surface area contributed by atoms with E-state index in [1.165, 1.54) is 6.39 Å². The van der Waals surface area contributed by atoms with Crippen LogP contribution in [0.2, 0.25) is 0 Å². The third-order valence-electron chi connectivity index (χ3n) is 1.37. The van der Waals surface area contributed by atoms with Crippen LogP contribution in [0.15, 0.2) is 10.8 Å². The highest BCUT2D eigenvalue weighted by Gasteiger charge is 2.14. The van der Waals surface area contributed by atoms with Crippen molar-refractivity contribution < 1.29 is 13.9 Å². The van der Waals surface area contributed by atoms with Gasteiger partial charge in [0.15, 0.2) is 6.39 Å². The Bertz CT molecular complexity index is 267. The molecule has 1 aromatic rings. The molecule has 12 heavy (non-hydrogen) atoms. The molecule has 0 aromatic carbocycles. The molecule has 0 N–H and O–H groups in total. The van der Waals surface area contributed by atoms with Crippen LogP contribution in [-0.2, 0) is 4.74 Å². The molecule has 4 nitrogen and oxygen atoms in total. The lowest BCUT2D eigenvalue weighted by atomic mass is 10.4. The van der Waals surface area contributed by atoms with E-state index in [0.29, 0.717) is 12.3 Å². The first-order valence-corrected chi connectivity index (χ1v) is 3.83. The maximum Gasteiger partial charge on any atom is 0.376 e. The van der Waals surface area contributed by atoms with Crippen molar-refractivity contribution in [3.63, 3.8) is 0 Å². The standard InChI is InChI=1S/C8H11NO3/c1-3-4-11-8(10)7-6(2)9-5-12-7/h5H,3-4H2,1-2H3. The van der Waals surface area contributed by atoms with Gasteiger partial charge in [0.25, 0.3) is 0 Å². The Morgan fingerprint density at radius 1 is 1.75 bits per heavy atom. The van der Waals surface area contributed by atoms with Gasteiger partial charge in [-0.1, -0.05) is 6.92 Å². The zero-order valence-electron chi connectivity index (χ0n) is 7.16. The summed E-state index contributed by atoms with van der Waals surface area (Å²) in [5.41, 5.74) is 0.566. The zero-order chi connectivity index (χ0) is 8.97. The van der Waals surface area contributed by atoms with Crippen LogP contribution >= 0.6 is 0 Å². The average molecular weight is 169 g/mol. The molecule has 0 saturated carbocycles. The second-order valence-corrected chi connectivity index (χ2v) is 2.40. The molecule has 1 heterocycles. The van der Waals surface area contributed by atoms with Gasteiger partial charge in [-0.25, -0.2) is 9.78 Å². The van der Waals surface area contributed by atoms with Gasteiger partial charge in [0.1, 0.15) is 0 Å². The average Bonchev–Trinajstić information content (AvgIpc) is 2.47. The summed E-state index contributed by atoms with van der Waals surface area (Å²) in [5.74, 6) is -0.240. The predicted octanol–water partition coefficient (Wildman–Crippen LogP) is 1.55. The molecule has 0 atom stereocenters. The molecule has 0 radical (unpaired) electrons. The second kappa shape index (κ2) is 3.90. The molecule has 0 spiro atoms. The van der Waals surface area contributed by atoms with Crippen LogP contribution in [0.1, 0.15) is 29.6 Å². The SMILES string of the molecule is CCCOC(=O)c1ocnc1C. The topological polar surface area (TPSA) is 52.3 Å². The number of ether oxygens (including phenoxy) is 1. The van der Waals surface area contributed by atoms with Crippen molar-refractivity contribution in [2.24, 2.45) is 0 Å². The van der Waals surface area contributed by atoms with E-state index in [4.69, 9.17) is 9.15 Å². The van der Waals surface area contributed by atoms with Crippen molar-refractivity contribution in [1.82, 2.24) is 4.98 Å². The van der Waals surface area contributed by atoms with Crippen LogP contribution in [0.3, 0.4) is 0 Å². The molecule has 1 rings (SSSR count). The number of aryl methyl sites for hydroxylation is 1. The Morgan fingerprint density at radius 2 is 2.50 bits per heavy atom. The number of hydrogen-bond donors (Lipinski definition) is 0. The minimum atomic E-state index is -0.438. The number of oxazole rings is 1. The van der Waals surface area contributed by atoms with Crippen molar-refractivity contribution in [3.8, 4) is 0 Å². The Balaban J connectivity index is 2.59. The molecule has 0 amide bonds. The Morgan fingerprint density at radius 3 is 3.00 bits per heavy atom. The molecular weight excluding hydrogens is 158 g/mol. The first-order chi connectivity index (χ1) is 5.75. The van der Waals surface area contributed by atoms with E-state index in [1.807, 2.05) is 6.92 Å². The molecule has 1 aromatic heterocycles. The van der Waals surface area contributed by atoms with E-state index in [0.717, 1.165) is 6.42 Å². The molecular formula is C8H11NO3. The number of carbonyl (C=O) groups excluding carboxylic acids is 1. The highest BCUT2D eigenvalue weighted by Crippen LogP contribution is 2.06. The van der Waals surface area contributed by atoms with Crippen LogP contribution in [0.5, 0.6) is 0 Å². The van der Waals surface area contributed by atoms with Gasteiger partial charge in [-0.2, -0.15) is 0 Å². The molecule has 0 fully saturated rings. The first kappa shape index (κ1) is 8.77. The normalized spacial score (nSPS) is 9.83. The van der Waals surface area contributed by atoms with Crippen molar-refractivity contribution in [2.45, 2.75) is 20.3 Å². The smallest absolute Gasteiger partial charge is 0.376 e. The van der Waals surface area contributed by atoms with Gasteiger partial charge in [0, 0.05) is 0 Å². The van der Waals surface area contributed by atoms with Crippen molar-refractivity contribution in [1.29, 1.82) is 0 Å². The van der Waals surface area contributed by atoms with Gasteiger partial charge < -0.3 is 9.15 Å². The summed E-state index contributed by atoms with van der Waals surface area (Å²) in [6.07, 6.45) is 2.04. The van der Waals surface area contributed by atoms with Gasteiger partial charge in [-0.05, 0) is 13.3 Å². The zero-order valence-corrected chi connectivity index (χ0v) is 7.16. The minimum absolute atomic E-state index is 0.198. The third-order valence-corrected chi connectivity index (χ3v) is 1.37. The number of rotatable bonds is 3. The highest BCUT2D eigenvalue weighted by molar-refractivity contribution is 5.87. The van der Waals surface area contributed by atoms with Gasteiger partial charge in [-0.3, -0.25) is 0 Å². The number of nitrogens with zero attached hydrogens (tertiary/aromatic N) is 1. The lowest BCUT2D eigenvalue weighted by Gasteiger charge is -1.98. The van der Waals surface area contributed by atoms with E-state index >= 15 is 0 Å². The van der Waals surface area contributed by atoms with Crippen LogP contribution in [0.25, 0.3) is 0 Å². The van der Waals surface area contributed by atoms with E-state index in [2.05, 4.69) is 4.98 Å². The summed E-state index contributed by atoms with van der Waals surface area (Å²) in [5, 5.41) is 0. The van der Waals surface area contributed by atoms with Crippen molar-refractivity contribution >= 4 is 5.97 Å². The first-order valence-electron chi connectivity index (χ1n) is 3.83. The van der Waals surface area contributed by atoms with Crippen LogP contribution in [0.4, 0.5) is 0 Å². The van der Waals surface area contributed by atoms with Gasteiger partial charge >= 0.3 is 5.97 Å². The fourth-order valence-corrected chi connectivity index (χ4v) is 0.758. The predicted molar refractivity (Wildman–Crippen MR) is 41.8 cm³/mol. The molecule has 0 saturated heterocycles. The Labute approximate surface area is 70.5 Å². The van der Waals surface area contributed by atoms with Gasteiger partial charge in [0.2, 0.25) is 5.76 Å². The Hall–Kier alpha value is -1.32. The fourth-order valence-electron chi connectivity index (χ4n) is 0.758. The van der Waals surface area contributed by atoms with Gasteiger partial charge in [-0.15, -0.1) is 0 Å². The summed E-state index contributed by atoms with van der Waals surface area (Å²) >= 11 is 0. The molecule has 0 aliphatic carbocycles. The second-order valence-electron chi connectivity index (χ2n) is 2.40. The fraction of sp³-hybridized carbons (Fsp3) is 0.500. The highest BCUT2D eigenvalue weighted by atomic mass is 16.5. The quantitative estimate of drug-likeness (QED) is 0.644. The van der Waals surface area contributed by atoms with Gasteiger partial charge in [0.05, 0.1) is 12.3 Å². The minimum Gasteiger partial charge on any atom is -0.460 e. The number of hydrogen-bond acceptors (Lipinski definition) is 4. The van der Waals surface area contributed by atoms with E-state index < -0.39 is 5.97 Å². The summed E-state index contributed by atoms with van der Waals surface area (Å²) in [4.78, 5) is 14.9. The number of aromatic nitrogens is 1. The van der Waals surface area contributed by atoms with E-state index in [-0.39, 0.29) is 5.76 Å².